The average Bonchev–Trinajstić information content (AvgIpc) is 2.78. The summed E-state index contributed by atoms with van der Waals surface area (Å²) in [5, 5.41) is 1.91. The van der Waals surface area contributed by atoms with Crippen molar-refractivity contribution in [2.24, 2.45) is 5.73 Å². The van der Waals surface area contributed by atoms with Crippen LogP contribution >= 0.6 is 12.4 Å². The molecule has 1 aromatic carbocycles. The van der Waals surface area contributed by atoms with Crippen molar-refractivity contribution in [2.45, 2.75) is 18.9 Å². The first-order chi connectivity index (χ1) is 9.22. The number of hydrogen-bond donors (Lipinski definition) is 2. The predicted octanol–water partition coefficient (Wildman–Crippen LogP) is 0.511. The van der Waals surface area contributed by atoms with E-state index in [1.54, 1.807) is 0 Å². The number of morpholine rings is 1. The van der Waals surface area contributed by atoms with Gasteiger partial charge in [0.15, 0.2) is 0 Å². The third kappa shape index (κ3) is 3.30. The summed E-state index contributed by atoms with van der Waals surface area (Å²) in [6.45, 7) is 2.81. The Morgan fingerprint density at radius 1 is 1.25 bits per heavy atom. The van der Waals surface area contributed by atoms with Crippen LogP contribution in [-0.2, 0) is 17.6 Å². The molecule has 1 aromatic rings. The minimum atomic E-state index is -0.0508. The van der Waals surface area contributed by atoms with Crippen molar-refractivity contribution in [1.82, 2.24) is 10.4 Å². The first-order valence-corrected chi connectivity index (χ1v) is 6.73. The molecule has 0 radical (unpaired) electrons. The average molecular weight is 298 g/mol. The minimum Gasteiger partial charge on any atom is -0.379 e. The molecule has 3 N–H and O–H groups in total. The van der Waals surface area contributed by atoms with Gasteiger partial charge in [0.25, 0.3) is 5.91 Å². The molecule has 0 spiro atoms. The van der Waals surface area contributed by atoms with Gasteiger partial charge in [-0.05, 0) is 36.1 Å². The van der Waals surface area contributed by atoms with Gasteiger partial charge in [-0.3, -0.25) is 10.2 Å². The number of nitrogens with one attached hydrogen (secondary N) is 1. The van der Waals surface area contributed by atoms with Gasteiger partial charge in [-0.2, -0.15) is 0 Å². The van der Waals surface area contributed by atoms with Crippen LogP contribution in [0.25, 0.3) is 0 Å². The lowest BCUT2D eigenvalue weighted by Gasteiger charge is -2.27. The lowest BCUT2D eigenvalue weighted by molar-refractivity contribution is 0.0126. The predicted molar refractivity (Wildman–Crippen MR) is 78.9 cm³/mol. The normalized spacial score (nSPS) is 21.9. The van der Waals surface area contributed by atoms with Crippen molar-refractivity contribution in [3.05, 3.63) is 34.9 Å². The summed E-state index contributed by atoms with van der Waals surface area (Å²) < 4.78 is 5.25. The SMILES string of the molecule is Cl.NC1Cc2ccc(C(=O)NN3CCOCC3)cc2C1. The maximum atomic E-state index is 12.2. The topological polar surface area (TPSA) is 67.6 Å². The molecule has 0 saturated carbocycles. The molecule has 1 atom stereocenters. The first kappa shape index (κ1) is 15.3. The molecule has 0 bridgehead atoms. The van der Waals surface area contributed by atoms with Crippen LogP contribution in [0, 0.1) is 0 Å². The number of benzene rings is 1. The molecule has 20 heavy (non-hydrogen) atoms. The van der Waals surface area contributed by atoms with Crippen molar-refractivity contribution < 1.29 is 9.53 Å². The second-order valence-corrected chi connectivity index (χ2v) is 5.19. The fourth-order valence-electron chi connectivity index (χ4n) is 2.68. The van der Waals surface area contributed by atoms with Gasteiger partial charge in [0.1, 0.15) is 0 Å². The Morgan fingerprint density at radius 3 is 2.70 bits per heavy atom. The number of nitrogens with two attached hydrogens (primary N) is 1. The minimum absolute atomic E-state index is 0. The fraction of sp³-hybridized carbons (Fsp3) is 0.500. The highest BCUT2D eigenvalue weighted by Crippen LogP contribution is 2.22. The molecule has 1 fully saturated rings. The molecule has 1 unspecified atom stereocenters. The molecule has 1 amide bonds. The number of hydrazine groups is 1. The van der Waals surface area contributed by atoms with Gasteiger partial charge in [-0.15, -0.1) is 12.4 Å². The summed E-state index contributed by atoms with van der Waals surface area (Å²) in [5.74, 6) is -0.0508. The van der Waals surface area contributed by atoms with Gasteiger partial charge in [0, 0.05) is 24.7 Å². The van der Waals surface area contributed by atoms with Crippen molar-refractivity contribution in [1.29, 1.82) is 0 Å². The van der Waals surface area contributed by atoms with Gasteiger partial charge >= 0.3 is 0 Å². The standard InChI is InChI=1S/C14H19N3O2.ClH/c15-13-8-10-1-2-11(7-12(10)9-13)14(18)16-17-3-5-19-6-4-17;/h1-2,7,13H,3-6,8-9,15H2,(H,16,18);1H. The Labute approximate surface area is 124 Å². The Hall–Kier alpha value is -1.14. The molecule has 6 heteroatoms. The van der Waals surface area contributed by atoms with Crippen LogP contribution < -0.4 is 11.2 Å². The molecule has 2 aliphatic rings. The van der Waals surface area contributed by atoms with Crippen LogP contribution in [0.4, 0.5) is 0 Å². The maximum absolute atomic E-state index is 12.2. The van der Waals surface area contributed by atoms with E-state index < -0.39 is 0 Å². The number of rotatable bonds is 2. The van der Waals surface area contributed by atoms with E-state index in [-0.39, 0.29) is 24.4 Å². The fourth-order valence-corrected chi connectivity index (χ4v) is 2.68. The van der Waals surface area contributed by atoms with Crippen molar-refractivity contribution in [3.8, 4) is 0 Å². The summed E-state index contributed by atoms with van der Waals surface area (Å²) >= 11 is 0. The second kappa shape index (κ2) is 6.54. The van der Waals surface area contributed by atoms with E-state index in [0.717, 1.165) is 25.9 Å². The number of fused-ring (bicyclic) bond motifs is 1. The highest BCUT2D eigenvalue weighted by molar-refractivity contribution is 5.94. The zero-order valence-corrected chi connectivity index (χ0v) is 12.1. The molecule has 0 aromatic heterocycles. The lowest BCUT2D eigenvalue weighted by Crippen LogP contribution is -2.48. The molecule has 1 saturated heterocycles. The Morgan fingerprint density at radius 2 is 1.95 bits per heavy atom. The second-order valence-electron chi connectivity index (χ2n) is 5.19. The van der Waals surface area contributed by atoms with Crippen molar-refractivity contribution in [3.63, 3.8) is 0 Å². The third-order valence-corrected chi connectivity index (χ3v) is 3.70. The van der Waals surface area contributed by atoms with Crippen LogP contribution in [-0.4, -0.2) is 43.3 Å². The zero-order chi connectivity index (χ0) is 13.2. The van der Waals surface area contributed by atoms with E-state index in [1.165, 1.54) is 11.1 Å². The van der Waals surface area contributed by atoms with Gasteiger partial charge in [-0.25, -0.2) is 5.01 Å². The summed E-state index contributed by atoms with van der Waals surface area (Å²) in [7, 11) is 0. The third-order valence-electron chi connectivity index (χ3n) is 3.70. The first-order valence-electron chi connectivity index (χ1n) is 6.73. The van der Waals surface area contributed by atoms with E-state index >= 15 is 0 Å². The van der Waals surface area contributed by atoms with Crippen LogP contribution in [0.2, 0.25) is 0 Å². The molecule has 1 heterocycles. The van der Waals surface area contributed by atoms with Crippen LogP contribution in [0.3, 0.4) is 0 Å². The quantitative estimate of drug-likeness (QED) is 0.835. The van der Waals surface area contributed by atoms with Crippen molar-refractivity contribution in [2.75, 3.05) is 26.3 Å². The number of carbonyl (C=O) groups is 1. The molecule has 110 valence electrons. The van der Waals surface area contributed by atoms with E-state index in [9.17, 15) is 4.79 Å². The van der Waals surface area contributed by atoms with Crippen molar-refractivity contribution >= 4 is 18.3 Å². The number of amides is 1. The van der Waals surface area contributed by atoms with Crippen LogP contribution in [0.15, 0.2) is 18.2 Å². The monoisotopic (exact) mass is 297 g/mol. The molecule has 5 nitrogen and oxygen atoms in total. The molecular formula is C14H20ClN3O2. The van der Waals surface area contributed by atoms with E-state index in [1.807, 2.05) is 23.2 Å². The van der Waals surface area contributed by atoms with E-state index in [0.29, 0.717) is 18.8 Å². The Balaban J connectivity index is 0.00000147. The van der Waals surface area contributed by atoms with Crippen LogP contribution in [0.5, 0.6) is 0 Å². The smallest absolute Gasteiger partial charge is 0.265 e. The number of ether oxygens (including phenoxy) is 1. The number of nitrogens with zero attached hydrogens (tertiary/aromatic N) is 1. The molecule has 1 aliphatic carbocycles. The maximum Gasteiger partial charge on any atom is 0.265 e. The summed E-state index contributed by atoms with van der Waals surface area (Å²) in [4.78, 5) is 12.2. The summed E-state index contributed by atoms with van der Waals surface area (Å²) in [6, 6.07) is 6.08. The van der Waals surface area contributed by atoms with Gasteiger partial charge in [0.2, 0.25) is 0 Å². The summed E-state index contributed by atoms with van der Waals surface area (Å²) in [6.07, 6.45) is 1.79. The molecule has 3 rings (SSSR count). The van der Waals surface area contributed by atoms with E-state index in [2.05, 4.69) is 5.43 Å². The highest BCUT2D eigenvalue weighted by Gasteiger charge is 2.20. The largest absolute Gasteiger partial charge is 0.379 e. The highest BCUT2D eigenvalue weighted by atomic mass is 35.5. The summed E-state index contributed by atoms with van der Waals surface area (Å²) in [5.41, 5.74) is 12.1. The number of hydrogen-bond acceptors (Lipinski definition) is 4. The van der Waals surface area contributed by atoms with Gasteiger partial charge in [-0.1, -0.05) is 6.07 Å². The van der Waals surface area contributed by atoms with Gasteiger partial charge in [0.05, 0.1) is 13.2 Å². The number of halogens is 1. The zero-order valence-electron chi connectivity index (χ0n) is 11.3. The number of carbonyl (C=O) groups excluding carboxylic acids is 1. The van der Waals surface area contributed by atoms with Gasteiger partial charge < -0.3 is 10.5 Å². The molecular weight excluding hydrogens is 278 g/mol. The molecule has 1 aliphatic heterocycles. The Kier molecular flexibility index (Phi) is 4.99. The van der Waals surface area contributed by atoms with Crippen LogP contribution in [0.1, 0.15) is 21.5 Å². The Bertz CT molecular complexity index is 489. The van der Waals surface area contributed by atoms with E-state index in [4.69, 9.17) is 10.5 Å². The lowest BCUT2D eigenvalue weighted by atomic mass is 10.1.